The number of hydrogen-bond donors (Lipinski definition) is 1. The van der Waals surface area contributed by atoms with E-state index in [-0.39, 0.29) is 18.7 Å². The molecule has 2 amide bonds. The monoisotopic (exact) mass is 577 g/mol. The van der Waals surface area contributed by atoms with Crippen molar-refractivity contribution in [2.45, 2.75) is 19.0 Å². The van der Waals surface area contributed by atoms with Gasteiger partial charge in [0.15, 0.2) is 0 Å². The van der Waals surface area contributed by atoms with Crippen LogP contribution in [0.3, 0.4) is 0 Å². The minimum atomic E-state index is -3.88. The number of ether oxygens (including phenoxy) is 1. The zero-order valence-corrected chi connectivity index (χ0v) is 23.6. The Hall–Kier alpha value is -3.27. The van der Waals surface area contributed by atoms with Gasteiger partial charge in [0.05, 0.1) is 19.1 Å². The number of sulfonamides is 1. The third kappa shape index (κ3) is 7.63. The Balaban J connectivity index is 2.05. The van der Waals surface area contributed by atoms with E-state index < -0.39 is 34.4 Å². The van der Waals surface area contributed by atoms with Gasteiger partial charge in [-0.25, -0.2) is 8.42 Å². The number of anilines is 1. The van der Waals surface area contributed by atoms with Crippen LogP contribution in [0.15, 0.2) is 72.8 Å². The quantitative estimate of drug-likeness (QED) is 0.369. The predicted octanol–water partition coefficient (Wildman–Crippen LogP) is 4.15. The van der Waals surface area contributed by atoms with Crippen molar-refractivity contribution in [2.24, 2.45) is 0 Å². The molecule has 3 aromatic carbocycles. The number of methoxy groups -OCH3 is 1. The Labute approximate surface area is 233 Å². The van der Waals surface area contributed by atoms with Gasteiger partial charge in [0.2, 0.25) is 21.8 Å². The first-order valence-corrected chi connectivity index (χ1v) is 14.2. The Morgan fingerprint density at radius 1 is 1.00 bits per heavy atom. The fourth-order valence-electron chi connectivity index (χ4n) is 3.93. The van der Waals surface area contributed by atoms with Crippen molar-refractivity contribution in [1.82, 2.24) is 10.2 Å². The lowest BCUT2D eigenvalue weighted by atomic mass is 10.0. The van der Waals surface area contributed by atoms with Gasteiger partial charge in [-0.1, -0.05) is 65.7 Å². The number of likely N-dealkylation sites (N-methyl/N-ethyl adjacent to an activating group) is 1. The molecule has 1 atom stereocenters. The number of rotatable bonds is 11. The molecule has 11 heteroatoms. The number of amides is 2. The van der Waals surface area contributed by atoms with Crippen LogP contribution in [0.2, 0.25) is 10.0 Å². The highest BCUT2D eigenvalue weighted by Gasteiger charge is 2.33. The minimum Gasteiger partial charge on any atom is -0.497 e. The van der Waals surface area contributed by atoms with Gasteiger partial charge in [-0.2, -0.15) is 0 Å². The van der Waals surface area contributed by atoms with E-state index in [0.29, 0.717) is 21.4 Å². The van der Waals surface area contributed by atoms with Crippen LogP contribution >= 0.6 is 23.2 Å². The number of hydrogen-bond acceptors (Lipinski definition) is 5. The second kappa shape index (κ2) is 13.0. The predicted molar refractivity (Wildman–Crippen MR) is 150 cm³/mol. The molecule has 0 saturated heterocycles. The summed E-state index contributed by atoms with van der Waals surface area (Å²) in [5.74, 6) is -0.561. The summed E-state index contributed by atoms with van der Waals surface area (Å²) in [5, 5.41) is 3.36. The second-order valence-electron chi connectivity index (χ2n) is 8.55. The number of carbonyl (C=O) groups is 2. The molecule has 0 fully saturated rings. The third-order valence-electron chi connectivity index (χ3n) is 5.89. The molecule has 3 aromatic rings. The van der Waals surface area contributed by atoms with Gasteiger partial charge in [0, 0.05) is 36.1 Å². The number of carbonyl (C=O) groups excluding carboxylic acids is 2. The molecule has 0 heterocycles. The van der Waals surface area contributed by atoms with Gasteiger partial charge in [0.25, 0.3) is 0 Å². The summed E-state index contributed by atoms with van der Waals surface area (Å²) >= 11 is 12.5. The zero-order valence-electron chi connectivity index (χ0n) is 21.2. The average Bonchev–Trinajstić information content (AvgIpc) is 2.89. The molecule has 0 radical (unpaired) electrons. The fraction of sp³-hybridized carbons (Fsp3) is 0.259. The molecule has 3 rings (SSSR count). The van der Waals surface area contributed by atoms with Crippen molar-refractivity contribution in [3.05, 3.63) is 94.0 Å². The SMILES string of the molecule is CNC(=O)[C@@H](Cc1ccccc1)N(Cc1ccc(Cl)cc1Cl)C(=O)CN(c1cccc(OC)c1)S(C)(=O)=O. The molecule has 1 N–H and O–H groups in total. The van der Waals surface area contributed by atoms with E-state index in [2.05, 4.69) is 5.32 Å². The highest BCUT2D eigenvalue weighted by molar-refractivity contribution is 7.92. The van der Waals surface area contributed by atoms with Crippen molar-refractivity contribution in [2.75, 3.05) is 31.3 Å². The first-order chi connectivity index (χ1) is 18.0. The Morgan fingerprint density at radius 3 is 2.32 bits per heavy atom. The molecule has 202 valence electrons. The van der Waals surface area contributed by atoms with Crippen LogP contribution in [0, 0.1) is 0 Å². The lowest BCUT2D eigenvalue weighted by Gasteiger charge is -2.33. The maximum Gasteiger partial charge on any atom is 0.244 e. The van der Waals surface area contributed by atoms with Crippen LogP contribution < -0.4 is 14.4 Å². The number of nitrogens with zero attached hydrogens (tertiary/aromatic N) is 2. The molecule has 0 aliphatic heterocycles. The van der Waals surface area contributed by atoms with E-state index in [1.165, 1.54) is 25.1 Å². The Kier molecular flexibility index (Phi) is 10.0. The Bertz CT molecular complexity index is 1390. The second-order valence-corrected chi connectivity index (χ2v) is 11.3. The van der Waals surface area contributed by atoms with Gasteiger partial charge in [-0.15, -0.1) is 0 Å². The van der Waals surface area contributed by atoms with Crippen molar-refractivity contribution in [1.29, 1.82) is 0 Å². The van der Waals surface area contributed by atoms with E-state index >= 15 is 0 Å². The van der Waals surface area contributed by atoms with Gasteiger partial charge >= 0.3 is 0 Å². The topological polar surface area (TPSA) is 96.0 Å². The molecular weight excluding hydrogens is 549 g/mol. The number of nitrogens with one attached hydrogen (secondary N) is 1. The van der Waals surface area contributed by atoms with Crippen LogP contribution in [0.25, 0.3) is 0 Å². The van der Waals surface area contributed by atoms with Gasteiger partial charge in [-0.3, -0.25) is 13.9 Å². The summed E-state index contributed by atoms with van der Waals surface area (Å²) in [5.41, 5.74) is 1.64. The number of benzene rings is 3. The number of halogens is 2. The molecule has 0 aliphatic rings. The van der Waals surface area contributed by atoms with Crippen molar-refractivity contribution < 1.29 is 22.7 Å². The van der Waals surface area contributed by atoms with E-state index in [1.54, 1.807) is 36.4 Å². The lowest BCUT2D eigenvalue weighted by Crippen LogP contribution is -2.52. The summed E-state index contributed by atoms with van der Waals surface area (Å²) in [6, 6.07) is 19.5. The van der Waals surface area contributed by atoms with Crippen molar-refractivity contribution >= 4 is 50.7 Å². The summed E-state index contributed by atoms with van der Waals surface area (Å²) in [4.78, 5) is 28.4. The third-order valence-corrected chi connectivity index (χ3v) is 7.62. The average molecular weight is 579 g/mol. The van der Waals surface area contributed by atoms with E-state index in [1.807, 2.05) is 30.3 Å². The molecule has 0 bridgehead atoms. The van der Waals surface area contributed by atoms with Gasteiger partial charge in [0.1, 0.15) is 18.3 Å². The largest absolute Gasteiger partial charge is 0.497 e. The van der Waals surface area contributed by atoms with Crippen molar-refractivity contribution in [3.63, 3.8) is 0 Å². The molecule has 8 nitrogen and oxygen atoms in total. The van der Waals surface area contributed by atoms with Crippen LogP contribution in [-0.4, -0.2) is 58.1 Å². The van der Waals surface area contributed by atoms with Gasteiger partial charge in [-0.05, 0) is 35.4 Å². The molecular formula is C27H29Cl2N3O5S. The maximum atomic E-state index is 13.9. The molecule has 38 heavy (non-hydrogen) atoms. The first kappa shape index (κ1) is 29.3. The molecule has 0 saturated carbocycles. The fourth-order valence-corrected chi connectivity index (χ4v) is 5.24. The molecule has 0 aliphatic carbocycles. The van der Waals surface area contributed by atoms with Crippen LogP contribution in [-0.2, 0) is 32.6 Å². The summed E-state index contributed by atoms with van der Waals surface area (Å²) in [7, 11) is -0.936. The first-order valence-electron chi connectivity index (χ1n) is 11.6. The van der Waals surface area contributed by atoms with Crippen LogP contribution in [0.5, 0.6) is 5.75 Å². The summed E-state index contributed by atoms with van der Waals surface area (Å²) in [6.45, 7) is -0.588. The lowest BCUT2D eigenvalue weighted by molar-refractivity contribution is -0.139. The summed E-state index contributed by atoms with van der Waals surface area (Å²) < 4.78 is 31.8. The van der Waals surface area contributed by atoms with E-state index in [4.69, 9.17) is 27.9 Å². The normalized spacial score (nSPS) is 11.9. The van der Waals surface area contributed by atoms with Crippen molar-refractivity contribution in [3.8, 4) is 5.75 Å². The van der Waals surface area contributed by atoms with Crippen LogP contribution in [0.4, 0.5) is 5.69 Å². The Morgan fingerprint density at radius 2 is 1.71 bits per heavy atom. The highest BCUT2D eigenvalue weighted by Crippen LogP contribution is 2.26. The smallest absolute Gasteiger partial charge is 0.244 e. The van der Waals surface area contributed by atoms with E-state index in [9.17, 15) is 18.0 Å². The zero-order chi connectivity index (χ0) is 27.9. The van der Waals surface area contributed by atoms with E-state index in [0.717, 1.165) is 16.1 Å². The molecule has 0 aromatic heterocycles. The molecule has 0 unspecified atom stereocenters. The minimum absolute atomic E-state index is 0.0462. The standard InChI is InChI=1S/C27H29Cl2N3O5S/c1-30-27(34)25(14-19-8-5-4-6-9-19)31(17-20-12-13-21(28)15-24(20)29)26(33)18-32(38(3,35)36)22-10-7-11-23(16-22)37-2/h4-13,15-16,25H,14,17-18H2,1-3H3,(H,30,34)/t25-/m1/s1. The van der Waals surface area contributed by atoms with Crippen LogP contribution in [0.1, 0.15) is 11.1 Å². The molecule has 0 spiro atoms. The highest BCUT2D eigenvalue weighted by atomic mass is 35.5. The summed E-state index contributed by atoms with van der Waals surface area (Å²) in [6.07, 6.45) is 1.22. The van der Waals surface area contributed by atoms with Gasteiger partial charge < -0.3 is 15.0 Å². The maximum absolute atomic E-state index is 13.9.